The second-order valence-corrected chi connectivity index (χ2v) is 6.50. The van der Waals surface area contributed by atoms with Crippen molar-refractivity contribution in [2.45, 2.75) is 53.5 Å². The molecule has 0 aromatic heterocycles. The number of hydrogen-bond acceptors (Lipinski definition) is 2. The van der Waals surface area contributed by atoms with Gasteiger partial charge in [-0.05, 0) is 12.8 Å². The predicted octanol–water partition coefficient (Wildman–Crippen LogP) is 1.80. The number of carbonyl (C=O) groups excluding carboxylic acids is 2. The second-order valence-electron chi connectivity index (χ2n) is 6.50. The van der Waals surface area contributed by atoms with Gasteiger partial charge in [-0.15, -0.1) is 0 Å². The van der Waals surface area contributed by atoms with Gasteiger partial charge in [0.25, 0.3) is 0 Å². The fourth-order valence-corrected chi connectivity index (χ4v) is 2.06. The van der Waals surface area contributed by atoms with Gasteiger partial charge >= 0.3 is 0 Å². The lowest BCUT2D eigenvalue weighted by Crippen LogP contribution is -2.52. The van der Waals surface area contributed by atoms with Crippen molar-refractivity contribution in [1.82, 2.24) is 10.2 Å². The van der Waals surface area contributed by atoms with Crippen LogP contribution in [-0.2, 0) is 9.59 Å². The van der Waals surface area contributed by atoms with Crippen LogP contribution >= 0.6 is 0 Å². The van der Waals surface area contributed by atoms with Crippen molar-refractivity contribution in [3.63, 3.8) is 0 Å². The molecule has 1 aliphatic rings. The Hall–Kier alpha value is -1.06. The van der Waals surface area contributed by atoms with Crippen molar-refractivity contribution in [1.29, 1.82) is 0 Å². The molecule has 1 heterocycles. The van der Waals surface area contributed by atoms with E-state index < -0.39 is 0 Å². The maximum absolute atomic E-state index is 11.9. The largest absolute Gasteiger partial charge is 0.351 e. The molecule has 1 N–H and O–H groups in total. The van der Waals surface area contributed by atoms with Gasteiger partial charge in [-0.3, -0.25) is 9.59 Å². The summed E-state index contributed by atoms with van der Waals surface area (Å²) in [6, 6.07) is 0.105. The quantitative estimate of drug-likeness (QED) is 0.817. The highest BCUT2D eigenvalue weighted by molar-refractivity contribution is 5.82. The van der Waals surface area contributed by atoms with Crippen molar-refractivity contribution in [3.05, 3.63) is 0 Å². The Morgan fingerprint density at radius 2 is 1.89 bits per heavy atom. The van der Waals surface area contributed by atoms with Gasteiger partial charge in [0.15, 0.2) is 0 Å². The molecule has 0 aromatic carbocycles. The van der Waals surface area contributed by atoms with Gasteiger partial charge in [0, 0.05) is 30.5 Å². The lowest BCUT2D eigenvalue weighted by atomic mass is 9.94. The highest BCUT2D eigenvalue weighted by Crippen LogP contribution is 2.17. The van der Waals surface area contributed by atoms with Gasteiger partial charge in [0.2, 0.25) is 11.8 Å². The Morgan fingerprint density at radius 3 is 2.39 bits per heavy atom. The van der Waals surface area contributed by atoms with Gasteiger partial charge in [-0.2, -0.15) is 0 Å². The fourth-order valence-electron chi connectivity index (χ4n) is 2.06. The van der Waals surface area contributed by atoms with E-state index in [-0.39, 0.29) is 29.2 Å². The zero-order valence-electron chi connectivity index (χ0n) is 12.2. The Bertz CT molecular complexity index is 318. The van der Waals surface area contributed by atoms with Crippen LogP contribution in [0.3, 0.4) is 0 Å². The van der Waals surface area contributed by atoms with Crippen molar-refractivity contribution >= 4 is 11.8 Å². The summed E-state index contributed by atoms with van der Waals surface area (Å²) in [6.45, 7) is 11.0. The van der Waals surface area contributed by atoms with Crippen LogP contribution < -0.4 is 5.32 Å². The molecule has 104 valence electrons. The van der Waals surface area contributed by atoms with E-state index in [1.54, 1.807) is 0 Å². The number of carbonyl (C=O) groups is 2. The topological polar surface area (TPSA) is 49.4 Å². The molecule has 0 bridgehead atoms. The third-order valence-electron chi connectivity index (χ3n) is 3.24. The van der Waals surface area contributed by atoms with Gasteiger partial charge in [-0.25, -0.2) is 0 Å². The molecule has 1 aliphatic heterocycles. The van der Waals surface area contributed by atoms with Gasteiger partial charge in [-0.1, -0.05) is 34.6 Å². The molecule has 0 saturated carbocycles. The first kappa shape index (κ1) is 15.0. The number of amides is 2. The minimum atomic E-state index is -0.371. The van der Waals surface area contributed by atoms with Crippen LogP contribution in [0, 0.1) is 11.3 Å². The molecular formula is C14H26N2O2. The monoisotopic (exact) mass is 254 g/mol. The molecule has 1 fully saturated rings. The maximum atomic E-state index is 11.9. The molecule has 1 atom stereocenters. The molecule has 1 rings (SSSR count). The zero-order chi connectivity index (χ0) is 13.9. The standard InChI is InChI=1S/C14H26N2O2/c1-10(2)12(17)16-8-6-7-11(9-16)15-13(18)14(3,4)5/h10-11H,6-9H2,1-5H3,(H,15,18). The summed E-state index contributed by atoms with van der Waals surface area (Å²) in [5, 5.41) is 3.05. The highest BCUT2D eigenvalue weighted by Gasteiger charge is 2.29. The summed E-state index contributed by atoms with van der Waals surface area (Å²) in [6.07, 6.45) is 1.93. The molecule has 0 aromatic rings. The van der Waals surface area contributed by atoms with Crippen LogP contribution in [0.4, 0.5) is 0 Å². The maximum Gasteiger partial charge on any atom is 0.225 e. The van der Waals surface area contributed by atoms with Crippen LogP contribution in [-0.4, -0.2) is 35.8 Å². The Balaban J connectivity index is 2.54. The average molecular weight is 254 g/mol. The van der Waals surface area contributed by atoms with Crippen LogP contribution in [0.2, 0.25) is 0 Å². The number of hydrogen-bond donors (Lipinski definition) is 1. The molecule has 0 spiro atoms. The zero-order valence-corrected chi connectivity index (χ0v) is 12.2. The van der Waals surface area contributed by atoms with E-state index in [4.69, 9.17) is 0 Å². The Kier molecular flexibility index (Phi) is 4.77. The van der Waals surface area contributed by atoms with Gasteiger partial charge < -0.3 is 10.2 Å². The molecule has 1 unspecified atom stereocenters. The van der Waals surface area contributed by atoms with E-state index in [2.05, 4.69) is 5.32 Å². The fraction of sp³-hybridized carbons (Fsp3) is 0.857. The van der Waals surface area contributed by atoms with E-state index in [1.165, 1.54) is 0 Å². The van der Waals surface area contributed by atoms with E-state index in [1.807, 2.05) is 39.5 Å². The minimum Gasteiger partial charge on any atom is -0.351 e. The van der Waals surface area contributed by atoms with Crippen molar-refractivity contribution < 1.29 is 9.59 Å². The van der Waals surface area contributed by atoms with Crippen molar-refractivity contribution in [2.75, 3.05) is 13.1 Å². The lowest BCUT2D eigenvalue weighted by Gasteiger charge is -2.35. The number of likely N-dealkylation sites (tertiary alicyclic amines) is 1. The lowest BCUT2D eigenvalue weighted by molar-refractivity contribution is -0.137. The SMILES string of the molecule is CC(C)C(=O)N1CCCC(NC(=O)C(C)(C)C)C1. The predicted molar refractivity (Wildman–Crippen MR) is 72.0 cm³/mol. The minimum absolute atomic E-state index is 0.0297. The van der Waals surface area contributed by atoms with Crippen LogP contribution in [0.5, 0.6) is 0 Å². The third kappa shape index (κ3) is 4.00. The van der Waals surface area contributed by atoms with Gasteiger partial charge in [0.05, 0.1) is 0 Å². The summed E-state index contributed by atoms with van der Waals surface area (Å²) in [5.41, 5.74) is -0.371. The number of nitrogens with one attached hydrogen (secondary N) is 1. The molecule has 0 radical (unpaired) electrons. The summed E-state index contributed by atoms with van der Waals surface area (Å²) < 4.78 is 0. The molecule has 2 amide bonds. The number of rotatable bonds is 2. The average Bonchev–Trinajstić information content (AvgIpc) is 2.27. The summed E-state index contributed by atoms with van der Waals surface area (Å²) in [7, 11) is 0. The first-order valence-electron chi connectivity index (χ1n) is 6.81. The smallest absolute Gasteiger partial charge is 0.225 e. The molecular weight excluding hydrogens is 228 g/mol. The van der Waals surface area contributed by atoms with Crippen molar-refractivity contribution in [3.8, 4) is 0 Å². The highest BCUT2D eigenvalue weighted by atomic mass is 16.2. The van der Waals surface area contributed by atoms with E-state index >= 15 is 0 Å². The van der Waals surface area contributed by atoms with Crippen LogP contribution in [0.1, 0.15) is 47.5 Å². The third-order valence-corrected chi connectivity index (χ3v) is 3.24. The summed E-state index contributed by atoms with van der Waals surface area (Å²) >= 11 is 0. The number of nitrogens with zero attached hydrogens (tertiary/aromatic N) is 1. The van der Waals surface area contributed by atoms with Crippen LogP contribution in [0.15, 0.2) is 0 Å². The Labute approximate surface area is 110 Å². The van der Waals surface area contributed by atoms with Crippen molar-refractivity contribution in [2.24, 2.45) is 11.3 Å². The van der Waals surface area contributed by atoms with E-state index in [9.17, 15) is 9.59 Å². The summed E-state index contributed by atoms with van der Waals surface area (Å²) in [4.78, 5) is 25.7. The Morgan fingerprint density at radius 1 is 1.28 bits per heavy atom. The van der Waals surface area contributed by atoms with Gasteiger partial charge in [0.1, 0.15) is 0 Å². The number of piperidine rings is 1. The van der Waals surface area contributed by atoms with E-state index in [0.717, 1.165) is 19.4 Å². The van der Waals surface area contributed by atoms with E-state index in [0.29, 0.717) is 6.54 Å². The first-order valence-corrected chi connectivity index (χ1v) is 6.81. The molecule has 1 saturated heterocycles. The summed E-state index contributed by atoms with van der Waals surface area (Å²) in [5.74, 6) is 0.276. The molecule has 4 heteroatoms. The first-order chi connectivity index (χ1) is 8.21. The molecule has 4 nitrogen and oxygen atoms in total. The molecule has 0 aliphatic carbocycles. The normalized spacial score (nSPS) is 21.0. The van der Waals surface area contributed by atoms with Crippen LogP contribution in [0.25, 0.3) is 0 Å². The molecule has 18 heavy (non-hydrogen) atoms. The second kappa shape index (κ2) is 5.72.